The highest BCUT2D eigenvalue weighted by Gasteiger charge is 2.25. The number of anilines is 2. The van der Waals surface area contributed by atoms with Crippen LogP contribution in [0, 0.1) is 5.82 Å². The molecule has 0 spiro atoms. The summed E-state index contributed by atoms with van der Waals surface area (Å²) in [5.74, 6) is -1.15. The van der Waals surface area contributed by atoms with Crippen LogP contribution in [0.25, 0.3) is 0 Å². The van der Waals surface area contributed by atoms with Crippen molar-refractivity contribution in [2.75, 3.05) is 11.2 Å². The van der Waals surface area contributed by atoms with Crippen molar-refractivity contribution >= 4 is 17.3 Å². The van der Waals surface area contributed by atoms with Gasteiger partial charge in [0.1, 0.15) is 5.82 Å². The minimum Gasteiger partial charge on any atom is -0.398 e. The van der Waals surface area contributed by atoms with Gasteiger partial charge in [-0.3, -0.25) is 4.79 Å². The Hall–Kier alpha value is -1.82. The number of carbonyl (C=O) groups excluding carboxylic acids is 1. The molecule has 1 saturated heterocycles. The van der Waals surface area contributed by atoms with Crippen LogP contribution in [0.3, 0.4) is 0 Å². The van der Waals surface area contributed by atoms with Crippen molar-refractivity contribution in [3.05, 3.63) is 23.5 Å². The van der Waals surface area contributed by atoms with E-state index in [0.29, 0.717) is 12.1 Å². The van der Waals surface area contributed by atoms with Crippen molar-refractivity contribution in [1.82, 2.24) is 5.01 Å². The molecule has 1 aliphatic heterocycles. The van der Waals surface area contributed by atoms with E-state index in [2.05, 4.69) is 19.3 Å². The molecular formula is C14H21FN4O. The van der Waals surface area contributed by atoms with Gasteiger partial charge in [0.2, 0.25) is 0 Å². The first-order chi connectivity index (χ1) is 9.40. The van der Waals surface area contributed by atoms with Crippen LogP contribution in [0.2, 0.25) is 0 Å². The fourth-order valence-corrected chi connectivity index (χ4v) is 2.67. The molecule has 5 N–H and O–H groups in total. The van der Waals surface area contributed by atoms with Crippen molar-refractivity contribution in [2.24, 2.45) is 5.73 Å². The molecule has 0 aromatic heterocycles. The number of benzene rings is 1. The monoisotopic (exact) mass is 280 g/mol. The number of piperidine rings is 1. The zero-order valence-electron chi connectivity index (χ0n) is 11.8. The van der Waals surface area contributed by atoms with Gasteiger partial charge in [0.25, 0.3) is 5.91 Å². The summed E-state index contributed by atoms with van der Waals surface area (Å²) in [7, 11) is 0. The Morgan fingerprint density at radius 1 is 1.35 bits per heavy atom. The van der Waals surface area contributed by atoms with E-state index < -0.39 is 11.7 Å². The number of halogens is 1. The van der Waals surface area contributed by atoms with E-state index in [-0.39, 0.29) is 16.9 Å². The number of hydrazine groups is 1. The van der Waals surface area contributed by atoms with Crippen LogP contribution in [0.1, 0.15) is 43.5 Å². The lowest BCUT2D eigenvalue weighted by atomic mass is 10.00. The molecule has 20 heavy (non-hydrogen) atoms. The Morgan fingerprint density at radius 3 is 2.50 bits per heavy atom. The topological polar surface area (TPSA) is 84.4 Å². The third-order valence-corrected chi connectivity index (χ3v) is 3.85. The smallest absolute Gasteiger partial charge is 0.250 e. The standard InChI is InChI=1S/C14H21FN4O/c1-8-4-3-5-9(2)19(8)18-13-6-10(14(17)20)12(16)7-11(13)15/h6-9,18H,3-5,16H2,1-2H3,(H2,17,20). The zero-order chi connectivity index (χ0) is 14.9. The number of nitrogens with one attached hydrogen (secondary N) is 1. The molecule has 1 heterocycles. The second-order valence-electron chi connectivity index (χ2n) is 5.43. The van der Waals surface area contributed by atoms with Crippen molar-refractivity contribution in [3.63, 3.8) is 0 Å². The average molecular weight is 280 g/mol. The lowest BCUT2D eigenvalue weighted by Crippen LogP contribution is -2.47. The number of nitrogens with two attached hydrogens (primary N) is 2. The molecule has 2 unspecified atom stereocenters. The molecule has 5 nitrogen and oxygen atoms in total. The molecule has 110 valence electrons. The summed E-state index contributed by atoms with van der Waals surface area (Å²) < 4.78 is 14.0. The average Bonchev–Trinajstić information content (AvgIpc) is 2.35. The Kier molecular flexibility index (Phi) is 4.13. The lowest BCUT2D eigenvalue weighted by Gasteiger charge is -2.39. The van der Waals surface area contributed by atoms with Crippen molar-refractivity contribution < 1.29 is 9.18 Å². The first kappa shape index (κ1) is 14.6. The number of primary amides is 1. The number of hydrogen-bond acceptors (Lipinski definition) is 4. The number of rotatable bonds is 3. The fourth-order valence-electron chi connectivity index (χ4n) is 2.67. The molecule has 0 bridgehead atoms. The molecule has 1 amide bonds. The van der Waals surface area contributed by atoms with E-state index in [1.54, 1.807) is 0 Å². The summed E-state index contributed by atoms with van der Waals surface area (Å²) in [5, 5.41) is 2.02. The second-order valence-corrected chi connectivity index (χ2v) is 5.43. The summed E-state index contributed by atoms with van der Waals surface area (Å²) in [6.07, 6.45) is 3.27. The van der Waals surface area contributed by atoms with Gasteiger partial charge in [-0.15, -0.1) is 0 Å². The van der Waals surface area contributed by atoms with Crippen LogP contribution < -0.4 is 16.9 Å². The Bertz CT molecular complexity index is 510. The Balaban J connectivity index is 2.28. The van der Waals surface area contributed by atoms with Gasteiger partial charge in [0.05, 0.1) is 11.3 Å². The minimum absolute atomic E-state index is 0.0558. The molecule has 6 heteroatoms. The number of nitrogen functional groups attached to an aromatic ring is 1. The number of carbonyl (C=O) groups is 1. The Labute approximate surface area is 118 Å². The molecule has 0 aliphatic carbocycles. The largest absolute Gasteiger partial charge is 0.398 e. The van der Waals surface area contributed by atoms with Crippen LogP contribution in [-0.2, 0) is 0 Å². The molecule has 0 saturated carbocycles. The molecule has 1 fully saturated rings. The van der Waals surface area contributed by atoms with E-state index in [0.717, 1.165) is 25.3 Å². The molecule has 1 aromatic rings. The van der Waals surface area contributed by atoms with Crippen LogP contribution in [0.4, 0.5) is 15.8 Å². The maximum Gasteiger partial charge on any atom is 0.250 e. The fraction of sp³-hybridized carbons (Fsp3) is 0.500. The van der Waals surface area contributed by atoms with Crippen LogP contribution in [0.5, 0.6) is 0 Å². The SMILES string of the molecule is CC1CCCC(C)N1Nc1cc(C(N)=O)c(N)cc1F. The van der Waals surface area contributed by atoms with Crippen LogP contribution >= 0.6 is 0 Å². The number of hydrogen-bond donors (Lipinski definition) is 3. The second kappa shape index (κ2) is 5.66. The van der Waals surface area contributed by atoms with E-state index in [1.165, 1.54) is 6.07 Å². The predicted molar refractivity (Wildman–Crippen MR) is 77.6 cm³/mol. The lowest BCUT2D eigenvalue weighted by molar-refractivity contribution is 0.100. The summed E-state index contributed by atoms with van der Waals surface area (Å²) >= 11 is 0. The first-order valence-corrected chi connectivity index (χ1v) is 6.84. The van der Waals surface area contributed by atoms with Gasteiger partial charge in [-0.25, -0.2) is 9.40 Å². The molecule has 0 radical (unpaired) electrons. The van der Waals surface area contributed by atoms with Gasteiger partial charge in [0.15, 0.2) is 0 Å². The summed E-state index contributed by atoms with van der Waals surface area (Å²) in [6.45, 7) is 4.18. The van der Waals surface area contributed by atoms with E-state index in [4.69, 9.17) is 11.5 Å². The van der Waals surface area contributed by atoms with Gasteiger partial charge in [0, 0.05) is 17.8 Å². The number of amides is 1. The summed E-state index contributed by atoms with van der Waals surface area (Å²) in [6, 6.07) is 3.10. The number of nitrogens with zero attached hydrogens (tertiary/aromatic N) is 1. The van der Waals surface area contributed by atoms with Crippen molar-refractivity contribution in [1.29, 1.82) is 0 Å². The normalized spacial score (nSPS) is 23.6. The van der Waals surface area contributed by atoms with E-state index in [1.807, 2.05) is 5.01 Å². The first-order valence-electron chi connectivity index (χ1n) is 6.84. The maximum absolute atomic E-state index is 14.0. The third kappa shape index (κ3) is 2.85. The molecule has 1 aromatic carbocycles. The van der Waals surface area contributed by atoms with Gasteiger partial charge in [-0.05, 0) is 38.8 Å². The van der Waals surface area contributed by atoms with Gasteiger partial charge < -0.3 is 16.9 Å². The molecule has 2 atom stereocenters. The van der Waals surface area contributed by atoms with Gasteiger partial charge in [-0.2, -0.15) is 0 Å². The highest BCUT2D eigenvalue weighted by molar-refractivity contribution is 5.99. The summed E-state index contributed by atoms with van der Waals surface area (Å²) in [4.78, 5) is 11.3. The molecule has 1 aliphatic rings. The van der Waals surface area contributed by atoms with Crippen molar-refractivity contribution in [2.45, 2.75) is 45.2 Å². The minimum atomic E-state index is -0.662. The quantitative estimate of drug-likeness (QED) is 0.740. The molecular weight excluding hydrogens is 259 g/mol. The van der Waals surface area contributed by atoms with Crippen LogP contribution in [-0.4, -0.2) is 23.0 Å². The van der Waals surface area contributed by atoms with Crippen molar-refractivity contribution in [3.8, 4) is 0 Å². The van der Waals surface area contributed by atoms with Gasteiger partial charge >= 0.3 is 0 Å². The molecule has 2 rings (SSSR count). The van der Waals surface area contributed by atoms with Crippen LogP contribution in [0.15, 0.2) is 12.1 Å². The van der Waals surface area contributed by atoms with Gasteiger partial charge in [-0.1, -0.05) is 6.42 Å². The zero-order valence-corrected chi connectivity index (χ0v) is 11.8. The third-order valence-electron chi connectivity index (χ3n) is 3.85. The Morgan fingerprint density at radius 2 is 1.95 bits per heavy atom. The van der Waals surface area contributed by atoms with E-state index in [9.17, 15) is 9.18 Å². The highest BCUT2D eigenvalue weighted by atomic mass is 19.1. The highest BCUT2D eigenvalue weighted by Crippen LogP contribution is 2.27. The maximum atomic E-state index is 14.0. The van der Waals surface area contributed by atoms with E-state index >= 15 is 0 Å². The predicted octanol–water partition coefficient (Wildman–Crippen LogP) is 2.10. The summed E-state index contributed by atoms with van der Waals surface area (Å²) in [5.41, 5.74) is 14.3.